The van der Waals surface area contributed by atoms with E-state index < -0.39 is 0 Å². The number of likely N-dealkylation sites (N-methyl/N-ethyl adjacent to an activating group) is 1. The van der Waals surface area contributed by atoms with Crippen molar-refractivity contribution in [3.63, 3.8) is 0 Å². The molecular formula is C14H26N4. The van der Waals surface area contributed by atoms with Gasteiger partial charge in [-0.15, -0.1) is 0 Å². The first-order valence-corrected chi connectivity index (χ1v) is 7.17. The monoisotopic (exact) mass is 250 g/mol. The molecule has 1 saturated carbocycles. The van der Waals surface area contributed by atoms with Crippen molar-refractivity contribution in [2.75, 3.05) is 7.05 Å². The van der Waals surface area contributed by atoms with Crippen molar-refractivity contribution in [1.82, 2.24) is 20.1 Å². The first-order chi connectivity index (χ1) is 8.61. The molecule has 0 aliphatic heterocycles. The van der Waals surface area contributed by atoms with Gasteiger partial charge >= 0.3 is 0 Å². The molecule has 1 aromatic heterocycles. The fourth-order valence-electron chi connectivity index (χ4n) is 3.17. The standard InChI is InChI=1S/C14H26N4/c1-10(2)18-14(16-9-17-18)8-13(15-4)12-6-5-11(3)7-12/h9-13,15H,5-8H2,1-4H3. The lowest BCUT2D eigenvalue weighted by Gasteiger charge is -2.23. The molecule has 3 atom stereocenters. The normalized spacial score (nSPS) is 25.8. The Balaban J connectivity index is 2.03. The highest BCUT2D eigenvalue weighted by atomic mass is 15.3. The lowest BCUT2D eigenvalue weighted by atomic mass is 9.94. The molecule has 0 saturated heterocycles. The molecule has 0 aromatic carbocycles. The van der Waals surface area contributed by atoms with Crippen LogP contribution in [0, 0.1) is 11.8 Å². The topological polar surface area (TPSA) is 42.7 Å². The summed E-state index contributed by atoms with van der Waals surface area (Å²) in [6.45, 7) is 6.68. The van der Waals surface area contributed by atoms with E-state index in [1.165, 1.54) is 19.3 Å². The molecule has 4 nitrogen and oxygen atoms in total. The molecule has 4 heteroatoms. The van der Waals surface area contributed by atoms with Crippen molar-refractivity contribution in [2.24, 2.45) is 11.8 Å². The summed E-state index contributed by atoms with van der Waals surface area (Å²) < 4.78 is 2.04. The van der Waals surface area contributed by atoms with E-state index in [0.29, 0.717) is 12.1 Å². The third kappa shape index (κ3) is 2.91. The summed E-state index contributed by atoms with van der Waals surface area (Å²) in [5.41, 5.74) is 0. The van der Waals surface area contributed by atoms with E-state index in [2.05, 4.69) is 43.2 Å². The smallest absolute Gasteiger partial charge is 0.138 e. The molecule has 1 fully saturated rings. The van der Waals surface area contributed by atoms with Gasteiger partial charge in [0.25, 0.3) is 0 Å². The predicted octanol–water partition coefficient (Wildman–Crippen LogP) is 2.43. The highest BCUT2D eigenvalue weighted by molar-refractivity contribution is 4.94. The number of aromatic nitrogens is 3. The minimum atomic E-state index is 0.391. The van der Waals surface area contributed by atoms with E-state index in [1.54, 1.807) is 6.33 Å². The van der Waals surface area contributed by atoms with Crippen molar-refractivity contribution >= 4 is 0 Å². The van der Waals surface area contributed by atoms with E-state index in [0.717, 1.165) is 24.1 Å². The van der Waals surface area contributed by atoms with E-state index in [1.807, 2.05) is 4.68 Å². The maximum absolute atomic E-state index is 4.43. The third-order valence-electron chi connectivity index (χ3n) is 4.21. The number of rotatable bonds is 5. The van der Waals surface area contributed by atoms with Crippen molar-refractivity contribution < 1.29 is 0 Å². The average Bonchev–Trinajstić information content (AvgIpc) is 2.94. The van der Waals surface area contributed by atoms with Crippen LogP contribution in [0.3, 0.4) is 0 Å². The zero-order chi connectivity index (χ0) is 13.1. The van der Waals surface area contributed by atoms with Crippen molar-refractivity contribution in [3.05, 3.63) is 12.2 Å². The van der Waals surface area contributed by atoms with Crippen molar-refractivity contribution in [2.45, 2.75) is 58.5 Å². The Labute approximate surface area is 110 Å². The van der Waals surface area contributed by atoms with Crippen LogP contribution in [0.15, 0.2) is 6.33 Å². The van der Waals surface area contributed by atoms with E-state index >= 15 is 0 Å². The Kier molecular flexibility index (Phi) is 4.38. The Morgan fingerprint density at radius 3 is 2.78 bits per heavy atom. The Bertz CT molecular complexity index is 372. The van der Waals surface area contributed by atoms with Crippen LogP contribution in [0.5, 0.6) is 0 Å². The first kappa shape index (κ1) is 13.5. The van der Waals surface area contributed by atoms with Crippen molar-refractivity contribution in [3.8, 4) is 0 Å². The minimum Gasteiger partial charge on any atom is -0.316 e. The van der Waals surface area contributed by atoms with Crippen LogP contribution in [0.4, 0.5) is 0 Å². The van der Waals surface area contributed by atoms with Gasteiger partial charge in [0.15, 0.2) is 0 Å². The van der Waals surface area contributed by atoms with Gasteiger partial charge in [0.2, 0.25) is 0 Å². The second-order valence-corrected chi connectivity index (χ2v) is 5.99. The molecule has 1 N–H and O–H groups in total. The average molecular weight is 250 g/mol. The zero-order valence-corrected chi connectivity index (χ0v) is 12.1. The van der Waals surface area contributed by atoms with Crippen LogP contribution < -0.4 is 5.32 Å². The van der Waals surface area contributed by atoms with Crippen LogP contribution in [-0.2, 0) is 6.42 Å². The van der Waals surface area contributed by atoms with Gasteiger partial charge in [-0.2, -0.15) is 5.10 Å². The molecule has 0 radical (unpaired) electrons. The molecule has 1 heterocycles. The summed E-state index contributed by atoms with van der Waals surface area (Å²) >= 11 is 0. The lowest BCUT2D eigenvalue weighted by molar-refractivity contribution is 0.353. The number of hydrogen-bond acceptors (Lipinski definition) is 3. The van der Waals surface area contributed by atoms with Gasteiger partial charge < -0.3 is 5.32 Å². The molecule has 18 heavy (non-hydrogen) atoms. The molecule has 0 spiro atoms. The van der Waals surface area contributed by atoms with Crippen LogP contribution >= 0.6 is 0 Å². The molecule has 2 rings (SSSR count). The summed E-state index contributed by atoms with van der Waals surface area (Å²) in [4.78, 5) is 4.43. The van der Waals surface area contributed by atoms with Gasteiger partial charge in [-0.1, -0.05) is 13.3 Å². The summed E-state index contributed by atoms with van der Waals surface area (Å²) in [6.07, 6.45) is 6.74. The van der Waals surface area contributed by atoms with Gasteiger partial charge in [0.1, 0.15) is 12.2 Å². The maximum Gasteiger partial charge on any atom is 0.138 e. The molecule has 3 unspecified atom stereocenters. The number of nitrogens with one attached hydrogen (secondary N) is 1. The summed E-state index contributed by atoms with van der Waals surface area (Å²) in [6, 6.07) is 0.930. The first-order valence-electron chi connectivity index (χ1n) is 7.17. The SMILES string of the molecule is CNC(Cc1ncnn1C(C)C)C1CCC(C)C1. The lowest BCUT2D eigenvalue weighted by Crippen LogP contribution is -2.35. The zero-order valence-electron chi connectivity index (χ0n) is 12.1. The molecule has 102 valence electrons. The Morgan fingerprint density at radius 1 is 1.44 bits per heavy atom. The highest BCUT2D eigenvalue weighted by Crippen LogP contribution is 2.33. The second kappa shape index (κ2) is 5.83. The summed E-state index contributed by atoms with van der Waals surface area (Å²) in [5, 5.41) is 7.81. The van der Waals surface area contributed by atoms with Gasteiger partial charge in [0.05, 0.1) is 0 Å². The Morgan fingerprint density at radius 2 is 2.22 bits per heavy atom. The fraction of sp³-hybridized carbons (Fsp3) is 0.857. The van der Waals surface area contributed by atoms with E-state index in [-0.39, 0.29) is 0 Å². The van der Waals surface area contributed by atoms with Crippen LogP contribution in [0.1, 0.15) is 51.9 Å². The van der Waals surface area contributed by atoms with Crippen molar-refractivity contribution in [1.29, 1.82) is 0 Å². The summed E-state index contributed by atoms with van der Waals surface area (Å²) in [5.74, 6) is 2.79. The molecule has 1 aromatic rings. The number of hydrogen-bond donors (Lipinski definition) is 1. The van der Waals surface area contributed by atoms with Gasteiger partial charge in [-0.25, -0.2) is 9.67 Å². The van der Waals surface area contributed by atoms with Gasteiger partial charge in [0, 0.05) is 18.5 Å². The molecule has 1 aliphatic carbocycles. The predicted molar refractivity (Wildman–Crippen MR) is 73.5 cm³/mol. The quantitative estimate of drug-likeness (QED) is 0.872. The molecule has 1 aliphatic rings. The molecular weight excluding hydrogens is 224 g/mol. The van der Waals surface area contributed by atoms with Gasteiger partial charge in [-0.05, 0) is 45.6 Å². The van der Waals surface area contributed by atoms with Gasteiger partial charge in [-0.3, -0.25) is 0 Å². The minimum absolute atomic E-state index is 0.391. The van der Waals surface area contributed by atoms with E-state index in [9.17, 15) is 0 Å². The van der Waals surface area contributed by atoms with Crippen LogP contribution in [0.25, 0.3) is 0 Å². The Hall–Kier alpha value is -0.900. The maximum atomic E-state index is 4.43. The summed E-state index contributed by atoms with van der Waals surface area (Å²) in [7, 11) is 2.07. The number of nitrogens with zero attached hydrogens (tertiary/aromatic N) is 3. The molecule has 0 amide bonds. The largest absolute Gasteiger partial charge is 0.316 e. The van der Waals surface area contributed by atoms with E-state index in [4.69, 9.17) is 0 Å². The van der Waals surface area contributed by atoms with Crippen LogP contribution in [0.2, 0.25) is 0 Å². The van der Waals surface area contributed by atoms with Crippen LogP contribution in [-0.4, -0.2) is 27.9 Å². The second-order valence-electron chi connectivity index (χ2n) is 5.99. The molecule has 0 bridgehead atoms. The third-order valence-corrected chi connectivity index (χ3v) is 4.21. The fourth-order valence-corrected chi connectivity index (χ4v) is 3.17. The highest BCUT2D eigenvalue weighted by Gasteiger charge is 2.29.